The van der Waals surface area contributed by atoms with Gasteiger partial charge in [0, 0.05) is 4.88 Å². The number of fused-ring (bicyclic) bond motifs is 3. The fourth-order valence-electron chi connectivity index (χ4n) is 5.29. The van der Waals surface area contributed by atoms with Crippen molar-refractivity contribution in [2.24, 2.45) is 29.6 Å². The summed E-state index contributed by atoms with van der Waals surface area (Å²) >= 11 is 1.45. The van der Waals surface area contributed by atoms with E-state index in [2.05, 4.69) is 12.2 Å². The Balaban J connectivity index is 1.64. The molecule has 2 bridgehead atoms. The number of carboxylic acid groups (broad SMARTS) is 1. The molecule has 1 saturated carbocycles. The maximum atomic E-state index is 13.2. The second-order valence-corrected chi connectivity index (χ2v) is 9.49. The molecular weight excluding hydrogens is 390 g/mol. The highest BCUT2D eigenvalue weighted by Gasteiger charge is 2.48. The Hall–Kier alpha value is -2.15. The fourth-order valence-corrected chi connectivity index (χ4v) is 6.65. The van der Waals surface area contributed by atoms with Crippen molar-refractivity contribution in [1.82, 2.24) is 0 Å². The van der Waals surface area contributed by atoms with E-state index in [1.807, 2.05) is 12.2 Å². The van der Waals surface area contributed by atoms with Gasteiger partial charge in [0.05, 0.1) is 24.5 Å². The second-order valence-electron chi connectivity index (χ2n) is 8.39. The number of hydrogen-bond acceptors (Lipinski definition) is 5. The van der Waals surface area contributed by atoms with Crippen LogP contribution in [0.1, 0.15) is 53.4 Å². The van der Waals surface area contributed by atoms with Crippen molar-refractivity contribution in [3.8, 4) is 0 Å². The average molecular weight is 418 g/mol. The maximum Gasteiger partial charge on any atom is 0.341 e. The number of anilines is 1. The van der Waals surface area contributed by atoms with Crippen LogP contribution in [0.2, 0.25) is 0 Å². The van der Waals surface area contributed by atoms with E-state index in [0.717, 1.165) is 49.0 Å². The lowest BCUT2D eigenvalue weighted by Crippen LogP contribution is -2.47. The minimum absolute atomic E-state index is 0.0678. The Bertz CT molecular complexity index is 873. The number of nitrogens with one attached hydrogen (secondary N) is 1. The number of rotatable bonds is 5. The third kappa shape index (κ3) is 3.50. The summed E-state index contributed by atoms with van der Waals surface area (Å²) < 4.78 is 5.00. The molecule has 5 atom stereocenters. The fraction of sp³-hybridized carbons (Fsp3) is 0.591. The molecule has 0 spiro atoms. The lowest BCUT2D eigenvalue weighted by molar-refractivity contribution is -0.151. The number of methoxy groups -OCH3 is 1. The molecule has 1 amide bonds. The summed E-state index contributed by atoms with van der Waals surface area (Å²) in [7, 11) is 1.35. The van der Waals surface area contributed by atoms with Gasteiger partial charge in [0.15, 0.2) is 0 Å². The van der Waals surface area contributed by atoms with Gasteiger partial charge < -0.3 is 15.2 Å². The topological polar surface area (TPSA) is 92.7 Å². The molecule has 0 saturated heterocycles. The van der Waals surface area contributed by atoms with Gasteiger partial charge in [0.2, 0.25) is 5.91 Å². The molecule has 0 unspecified atom stereocenters. The molecule has 7 heteroatoms. The molecule has 6 nitrogen and oxygen atoms in total. The maximum absolute atomic E-state index is 13.2. The molecule has 1 aromatic heterocycles. The van der Waals surface area contributed by atoms with Crippen LogP contribution in [0.25, 0.3) is 0 Å². The van der Waals surface area contributed by atoms with E-state index in [-0.39, 0.29) is 17.7 Å². The Kier molecular flexibility index (Phi) is 5.51. The molecule has 2 N–H and O–H groups in total. The monoisotopic (exact) mass is 417 g/mol. The van der Waals surface area contributed by atoms with Crippen LogP contribution in [-0.4, -0.2) is 30.1 Å². The SMILES string of the molecule is CC[C@H]1CCc2c(sc(NC(=O)[C@@H]3[C@@H](C(=O)O)[C@H]4C=C[C@H]3CC4)c2C(=O)OC)C1. The van der Waals surface area contributed by atoms with Gasteiger partial charge >= 0.3 is 11.9 Å². The predicted octanol–water partition coefficient (Wildman–Crippen LogP) is 3.90. The number of thiophene rings is 1. The third-order valence-electron chi connectivity index (χ3n) is 6.91. The highest BCUT2D eigenvalue weighted by Crippen LogP contribution is 2.46. The molecular formula is C22H27NO5S. The molecule has 0 aromatic carbocycles. The summed E-state index contributed by atoms with van der Waals surface area (Å²) in [4.78, 5) is 38.7. The van der Waals surface area contributed by atoms with Gasteiger partial charge in [-0.25, -0.2) is 4.79 Å². The number of carbonyl (C=O) groups is 3. The minimum atomic E-state index is -0.923. The molecule has 1 heterocycles. The van der Waals surface area contributed by atoms with Crippen LogP contribution in [0.5, 0.6) is 0 Å². The van der Waals surface area contributed by atoms with Gasteiger partial charge in [0.1, 0.15) is 5.00 Å². The highest BCUT2D eigenvalue weighted by atomic mass is 32.1. The number of esters is 1. The van der Waals surface area contributed by atoms with Gasteiger partial charge in [-0.2, -0.15) is 0 Å². The zero-order valence-corrected chi connectivity index (χ0v) is 17.6. The molecule has 4 aliphatic rings. The number of carbonyl (C=O) groups excluding carboxylic acids is 2. The quantitative estimate of drug-likeness (QED) is 0.560. The average Bonchev–Trinajstić information content (AvgIpc) is 3.09. The summed E-state index contributed by atoms with van der Waals surface area (Å²) in [6.45, 7) is 2.17. The zero-order valence-electron chi connectivity index (χ0n) is 16.8. The molecule has 156 valence electrons. The van der Waals surface area contributed by atoms with E-state index in [4.69, 9.17) is 4.74 Å². The first-order chi connectivity index (χ1) is 13.9. The van der Waals surface area contributed by atoms with E-state index in [1.54, 1.807) is 0 Å². The van der Waals surface area contributed by atoms with Crippen molar-refractivity contribution in [2.45, 2.75) is 45.4 Å². The van der Waals surface area contributed by atoms with Crippen LogP contribution in [0.3, 0.4) is 0 Å². The third-order valence-corrected chi connectivity index (χ3v) is 8.08. The van der Waals surface area contributed by atoms with Gasteiger partial charge in [-0.3, -0.25) is 9.59 Å². The first kappa shape index (κ1) is 20.1. The molecule has 0 aliphatic heterocycles. The molecule has 1 aromatic rings. The summed E-state index contributed by atoms with van der Waals surface area (Å²) in [5.41, 5.74) is 1.44. The number of carboxylic acids is 1. The highest BCUT2D eigenvalue weighted by molar-refractivity contribution is 7.17. The molecule has 29 heavy (non-hydrogen) atoms. The van der Waals surface area contributed by atoms with Crippen LogP contribution in [-0.2, 0) is 27.2 Å². The summed E-state index contributed by atoms with van der Waals surface area (Å²) in [5, 5.41) is 13.2. The number of ether oxygens (including phenoxy) is 1. The summed E-state index contributed by atoms with van der Waals surface area (Å²) in [6, 6.07) is 0. The summed E-state index contributed by atoms with van der Waals surface area (Å²) in [5.74, 6) is -2.56. The van der Waals surface area contributed by atoms with Crippen molar-refractivity contribution < 1.29 is 24.2 Å². The van der Waals surface area contributed by atoms with E-state index in [1.165, 1.54) is 18.4 Å². The Labute approximate surface area is 174 Å². The lowest BCUT2D eigenvalue weighted by Gasteiger charge is -2.41. The normalized spacial score (nSPS) is 29.9. The van der Waals surface area contributed by atoms with Gasteiger partial charge in [-0.05, 0) is 55.4 Å². The lowest BCUT2D eigenvalue weighted by atomic mass is 9.62. The van der Waals surface area contributed by atoms with Crippen LogP contribution >= 0.6 is 11.3 Å². The largest absolute Gasteiger partial charge is 0.481 e. The predicted molar refractivity (Wildman–Crippen MR) is 110 cm³/mol. The second kappa shape index (κ2) is 7.94. The Morgan fingerprint density at radius 3 is 2.45 bits per heavy atom. The van der Waals surface area contributed by atoms with E-state index in [0.29, 0.717) is 16.5 Å². The van der Waals surface area contributed by atoms with Crippen LogP contribution in [0, 0.1) is 29.6 Å². The van der Waals surface area contributed by atoms with Crippen LogP contribution in [0.4, 0.5) is 5.00 Å². The van der Waals surface area contributed by atoms with Crippen molar-refractivity contribution in [3.63, 3.8) is 0 Å². The number of amides is 1. The first-order valence-corrected chi connectivity index (χ1v) is 11.2. The first-order valence-electron chi connectivity index (χ1n) is 10.4. The zero-order chi connectivity index (χ0) is 20.7. The van der Waals surface area contributed by atoms with E-state index < -0.39 is 23.8 Å². The molecule has 4 aliphatic carbocycles. The standard InChI is InChI=1S/C22H27NO5S/c1-3-11-4-9-14-15(10-11)29-20(18(14)22(27)28-2)23-19(24)16-12-5-7-13(8-6-12)17(16)21(25)26/h5,7,11-13,16-17H,3-4,6,8-10H2,1-2H3,(H,23,24)(H,25,26)/t11-,12-,13-,16-,17-/m0/s1. The Morgan fingerprint density at radius 1 is 1.17 bits per heavy atom. The van der Waals surface area contributed by atoms with Crippen molar-refractivity contribution in [2.75, 3.05) is 12.4 Å². The van der Waals surface area contributed by atoms with E-state index >= 15 is 0 Å². The van der Waals surface area contributed by atoms with Crippen molar-refractivity contribution in [1.29, 1.82) is 0 Å². The van der Waals surface area contributed by atoms with E-state index in [9.17, 15) is 19.5 Å². The van der Waals surface area contributed by atoms with Crippen LogP contribution in [0.15, 0.2) is 12.2 Å². The van der Waals surface area contributed by atoms with Gasteiger partial charge in [-0.1, -0.05) is 25.5 Å². The van der Waals surface area contributed by atoms with Crippen molar-refractivity contribution in [3.05, 3.63) is 28.2 Å². The number of aliphatic carboxylic acids is 1. The van der Waals surface area contributed by atoms with Crippen LogP contribution < -0.4 is 5.32 Å². The van der Waals surface area contributed by atoms with Crippen molar-refractivity contribution >= 4 is 34.2 Å². The molecule has 5 rings (SSSR count). The Morgan fingerprint density at radius 2 is 1.86 bits per heavy atom. The summed E-state index contributed by atoms with van der Waals surface area (Å²) in [6.07, 6.45) is 9.40. The number of allylic oxidation sites excluding steroid dienone is 2. The number of hydrogen-bond donors (Lipinski definition) is 2. The minimum Gasteiger partial charge on any atom is -0.481 e. The van der Waals surface area contributed by atoms with Gasteiger partial charge in [0.25, 0.3) is 0 Å². The smallest absolute Gasteiger partial charge is 0.341 e. The molecule has 0 radical (unpaired) electrons. The van der Waals surface area contributed by atoms with Gasteiger partial charge in [-0.15, -0.1) is 11.3 Å². The molecule has 1 fully saturated rings.